The van der Waals surface area contributed by atoms with Crippen molar-refractivity contribution in [2.24, 2.45) is 0 Å². The fraction of sp³-hybridized carbons (Fsp3) is 0.545. The molecule has 0 unspecified atom stereocenters. The summed E-state index contributed by atoms with van der Waals surface area (Å²) in [6.45, 7) is 3.14. The van der Waals surface area contributed by atoms with Crippen molar-refractivity contribution in [2.45, 2.75) is 26.2 Å². The average Bonchev–Trinajstić information content (AvgIpc) is 2.13. The molecule has 0 saturated carbocycles. The second-order valence-corrected chi connectivity index (χ2v) is 3.33. The molecular weight excluding hydrogens is 160 g/mol. The van der Waals surface area contributed by atoms with Crippen molar-refractivity contribution in [3.8, 4) is 0 Å². The van der Waals surface area contributed by atoms with Gasteiger partial charge < -0.3 is 5.32 Å². The number of hydrogen-bond donors (Lipinski definition) is 1. The molecule has 2 heteroatoms. The molecule has 0 amide bonds. The van der Waals surface area contributed by atoms with Crippen molar-refractivity contribution < 1.29 is 0 Å². The predicted molar refractivity (Wildman–Crippen MR) is 55.8 cm³/mol. The molecule has 0 saturated heterocycles. The van der Waals surface area contributed by atoms with Gasteiger partial charge in [0.1, 0.15) is 0 Å². The molecular formula is C11H18N2. The second-order valence-electron chi connectivity index (χ2n) is 3.33. The van der Waals surface area contributed by atoms with Gasteiger partial charge in [0.2, 0.25) is 0 Å². The van der Waals surface area contributed by atoms with Crippen molar-refractivity contribution in [1.82, 2.24) is 10.3 Å². The Hall–Kier alpha value is -0.890. The molecule has 1 rings (SSSR count). The Morgan fingerprint density at radius 3 is 2.85 bits per heavy atom. The van der Waals surface area contributed by atoms with Gasteiger partial charge in [-0.1, -0.05) is 6.07 Å². The highest BCUT2D eigenvalue weighted by Gasteiger charge is 1.94. The van der Waals surface area contributed by atoms with E-state index in [-0.39, 0.29) is 0 Å². The topological polar surface area (TPSA) is 24.9 Å². The first kappa shape index (κ1) is 10.2. The van der Waals surface area contributed by atoms with Crippen LogP contribution in [0.5, 0.6) is 0 Å². The third-order valence-electron chi connectivity index (χ3n) is 2.06. The summed E-state index contributed by atoms with van der Waals surface area (Å²) >= 11 is 0. The molecule has 13 heavy (non-hydrogen) atoms. The zero-order valence-corrected chi connectivity index (χ0v) is 8.51. The summed E-state index contributed by atoms with van der Waals surface area (Å²) in [4.78, 5) is 4.45. The van der Waals surface area contributed by atoms with Crippen LogP contribution in [0, 0.1) is 6.92 Å². The number of unbranched alkanes of at least 4 members (excludes halogenated alkanes) is 1. The van der Waals surface area contributed by atoms with E-state index < -0.39 is 0 Å². The molecule has 0 radical (unpaired) electrons. The van der Waals surface area contributed by atoms with Crippen LogP contribution in [0.15, 0.2) is 18.2 Å². The number of pyridine rings is 1. The third kappa shape index (κ3) is 4.04. The molecule has 0 bridgehead atoms. The SMILES string of the molecule is CNCCCCc1cccc(C)n1. The molecule has 0 aromatic carbocycles. The van der Waals surface area contributed by atoms with Crippen LogP contribution in [0.1, 0.15) is 24.2 Å². The van der Waals surface area contributed by atoms with Crippen LogP contribution in [0.2, 0.25) is 0 Å². The van der Waals surface area contributed by atoms with Crippen LogP contribution < -0.4 is 5.32 Å². The minimum atomic E-state index is 1.10. The number of aromatic nitrogens is 1. The fourth-order valence-electron chi connectivity index (χ4n) is 1.35. The van der Waals surface area contributed by atoms with Gasteiger partial charge in [-0.25, -0.2) is 0 Å². The quantitative estimate of drug-likeness (QED) is 0.697. The predicted octanol–water partition coefficient (Wildman–Crippen LogP) is 1.93. The summed E-state index contributed by atoms with van der Waals surface area (Å²) in [5.74, 6) is 0. The molecule has 0 atom stereocenters. The Morgan fingerprint density at radius 2 is 2.15 bits per heavy atom. The summed E-state index contributed by atoms with van der Waals surface area (Å²) < 4.78 is 0. The first-order valence-corrected chi connectivity index (χ1v) is 4.90. The van der Waals surface area contributed by atoms with E-state index in [4.69, 9.17) is 0 Å². The van der Waals surface area contributed by atoms with Crippen LogP contribution in [0.4, 0.5) is 0 Å². The monoisotopic (exact) mass is 178 g/mol. The second kappa shape index (κ2) is 5.70. The summed E-state index contributed by atoms with van der Waals surface area (Å²) in [5.41, 5.74) is 2.34. The summed E-state index contributed by atoms with van der Waals surface area (Å²) in [7, 11) is 1.99. The normalized spacial score (nSPS) is 10.3. The third-order valence-corrected chi connectivity index (χ3v) is 2.06. The highest BCUT2D eigenvalue weighted by Crippen LogP contribution is 2.02. The van der Waals surface area contributed by atoms with E-state index in [0.29, 0.717) is 0 Å². The molecule has 1 N–H and O–H groups in total. The number of nitrogens with zero attached hydrogens (tertiary/aromatic N) is 1. The Kier molecular flexibility index (Phi) is 4.47. The lowest BCUT2D eigenvalue weighted by molar-refractivity contribution is 0.670. The highest BCUT2D eigenvalue weighted by molar-refractivity contribution is 5.09. The fourth-order valence-corrected chi connectivity index (χ4v) is 1.35. The van der Waals surface area contributed by atoms with Crippen molar-refractivity contribution in [3.05, 3.63) is 29.6 Å². The molecule has 1 heterocycles. The maximum atomic E-state index is 4.45. The van der Waals surface area contributed by atoms with E-state index in [1.807, 2.05) is 20.0 Å². The van der Waals surface area contributed by atoms with Crippen molar-refractivity contribution in [2.75, 3.05) is 13.6 Å². The summed E-state index contributed by atoms with van der Waals surface area (Å²) in [6.07, 6.45) is 3.55. The number of hydrogen-bond acceptors (Lipinski definition) is 2. The lowest BCUT2D eigenvalue weighted by Gasteiger charge is -2.01. The largest absolute Gasteiger partial charge is 0.320 e. The van der Waals surface area contributed by atoms with Gasteiger partial charge in [0.05, 0.1) is 0 Å². The van der Waals surface area contributed by atoms with Gasteiger partial charge in [-0.15, -0.1) is 0 Å². The Morgan fingerprint density at radius 1 is 1.31 bits per heavy atom. The van der Waals surface area contributed by atoms with Gasteiger partial charge in [0.15, 0.2) is 0 Å². The van der Waals surface area contributed by atoms with E-state index in [1.54, 1.807) is 0 Å². The van der Waals surface area contributed by atoms with E-state index in [9.17, 15) is 0 Å². The van der Waals surface area contributed by atoms with Gasteiger partial charge in [-0.2, -0.15) is 0 Å². The molecule has 0 aliphatic heterocycles. The first-order valence-electron chi connectivity index (χ1n) is 4.90. The number of rotatable bonds is 5. The first-order chi connectivity index (χ1) is 6.33. The molecule has 0 fully saturated rings. The molecule has 0 aliphatic rings. The maximum Gasteiger partial charge on any atom is 0.0406 e. The van der Waals surface area contributed by atoms with Crippen LogP contribution in [-0.4, -0.2) is 18.6 Å². The lowest BCUT2D eigenvalue weighted by Crippen LogP contribution is -2.07. The minimum absolute atomic E-state index is 1.10. The van der Waals surface area contributed by atoms with Crippen molar-refractivity contribution in [1.29, 1.82) is 0 Å². The van der Waals surface area contributed by atoms with Crippen LogP contribution in [-0.2, 0) is 6.42 Å². The van der Waals surface area contributed by atoms with Crippen LogP contribution >= 0.6 is 0 Å². The van der Waals surface area contributed by atoms with Gasteiger partial charge in [0.25, 0.3) is 0 Å². The highest BCUT2D eigenvalue weighted by atomic mass is 14.8. The van der Waals surface area contributed by atoms with E-state index in [1.165, 1.54) is 18.5 Å². The molecule has 2 nitrogen and oxygen atoms in total. The molecule has 0 aliphatic carbocycles. The number of nitrogens with one attached hydrogen (secondary N) is 1. The lowest BCUT2D eigenvalue weighted by atomic mass is 10.1. The van der Waals surface area contributed by atoms with E-state index in [0.717, 1.165) is 18.7 Å². The maximum absolute atomic E-state index is 4.45. The minimum Gasteiger partial charge on any atom is -0.320 e. The smallest absolute Gasteiger partial charge is 0.0406 e. The standard InChI is InChI=1S/C11H18N2/c1-10-6-5-8-11(13-10)7-3-4-9-12-2/h5-6,8,12H,3-4,7,9H2,1-2H3. The summed E-state index contributed by atoms with van der Waals surface area (Å²) in [6, 6.07) is 6.22. The van der Waals surface area contributed by atoms with Crippen molar-refractivity contribution in [3.63, 3.8) is 0 Å². The van der Waals surface area contributed by atoms with Gasteiger partial charge in [0, 0.05) is 11.4 Å². The van der Waals surface area contributed by atoms with Crippen LogP contribution in [0.3, 0.4) is 0 Å². The number of aryl methyl sites for hydroxylation is 2. The van der Waals surface area contributed by atoms with Crippen molar-refractivity contribution >= 4 is 0 Å². The Bertz CT molecular complexity index is 246. The molecule has 1 aromatic rings. The molecule has 72 valence electrons. The van der Waals surface area contributed by atoms with E-state index >= 15 is 0 Å². The van der Waals surface area contributed by atoms with Gasteiger partial charge in [-0.05, 0) is 51.9 Å². The van der Waals surface area contributed by atoms with Crippen LogP contribution in [0.25, 0.3) is 0 Å². The van der Waals surface area contributed by atoms with Gasteiger partial charge >= 0.3 is 0 Å². The Balaban J connectivity index is 2.28. The Labute approximate surface area is 80.4 Å². The molecule has 1 aromatic heterocycles. The summed E-state index contributed by atoms with van der Waals surface area (Å²) in [5, 5.41) is 3.14. The van der Waals surface area contributed by atoms with Gasteiger partial charge in [-0.3, -0.25) is 4.98 Å². The van der Waals surface area contributed by atoms with E-state index in [2.05, 4.69) is 22.4 Å². The molecule has 0 spiro atoms. The average molecular weight is 178 g/mol. The zero-order valence-electron chi connectivity index (χ0n) is 8.51. The zero-order chi connectivity index (χ0) is 9.52.